The Hall–Kier alpha value is -1.63. The average molecular weight is 384 g/mol. The Labute approximate surface area is 132 Å². The maximum Gasteiger partial charge on any atom is 0.250 e. The summed E-state index contributed by atoms with van der Waals surface area (Å²) in [4.78, 5) is 26.7. The third-order valence-electron chi connectivity index (χ3n) is 2.69. The van der Waals surface area contributed by atoms with E-state index in [1.54, 1.807) is 20.2 Å². The van der Waals surface area contributed by atoms with Gasteiger partial charge in [-0.2, -0.15) is 0 Å². The number of hydrogen-bond donors (Lipinski definition) is 0. The van der Waals surface area contributed by atoms with Gasteiger partial charge in [0.1, 0.15) is 0 Å². The quantitative estimate of drug-likeness (QED) is 0.445. The van der Waals surface area contributed by atoms with E-state index < -0.39 is 0 Å². The first-order valence-electron chi connectivity index (χ1n) is 6.03. The normalized spacial score (nSPS) is 10.3. The molecule has 0 aliphatic carbocycles. The maximum atomic E-state index is 12.0. The Morgan fingerprint density at radius 3 is 2.40 bits per heavy atom. The van der Waals surface area contributed by atoms with Gasteiger partial charge in [0, 0.05) is 36.4 Å². The lowest BCUT2D eigenvalue weighted by molar-refractivity contribution is -0.124. The van der Waals surface area contributed by atoms with E-state index >= 15 is 0 Å². The van der Waals surface area contributed by atoms with Crippen LogP contribution in [0.15, 0.2) is 49.1 Å². The third kappa shape index (κ3) is 4.48. The highest BCUT2D eigenvalue weighted by atomic mass is 127. The number of benzene rings is 1. The van der Waals surface area contributed by atoms with E-state index in [2.05, 4.69) is 29.2 Å². The van der Waals surface area contributed by atoms with E-state index in [4.69, 9.17) is 0 Å². The van der Waals surface area contributed by atoms with Gasteiger partial charge < -0.3 is 9.80 Å². The fourth-order valence-electron chi connectivity index (χ4n) is 1.51. The number of anilines is 1. The molecule has 0 unspecified atom stereocenters. The number of para-hydroxylation sites is 1. The second-order valence-corrected chi connectivity index (χ2v) is 5.35. The number of rotatable bonds is 5. The molecule has 4 nitrogen and oxygen atoms in total. The van der Waals surface area contributed by atoms with Gasteiger partial charge in [0.15, 0.2) is 0 Å². The number of amides is 2. The van der Waals surface area contributed by atoms with Crippen LogP contribution in [0.4, 0.5) is 5.69 Å². The Morgan fingerprint density at radius 2 is 1.80 bits per heavy atom. The molecule has 0 saturated carbocycles. The molecule has 20 heavy (non-hydrogen) atoms. The fraction of sp³-hybridized carbons (Fsp3) is 0.200. The monoisotopic (exact) mass is 384 g/mol. The molecule has 0 bridgehead atoms. The van der Waals surface area contributed by atoms with Crippen molar-refractivity contribution in [2.24, 2.45) is 0 Å². The van der Waals surface area contributed by atoms with Crippen LogP contribution in [0, 0.1) is 3.57 Å². The molecular formula is C15H17IN2O2. The lowest BCUT2D eigenvalue weighted by atomic mass is 10.3. The SMILES string of the molecule is C=CCN(C)C(=O)/C=C/C(=O)N(C)c1ccccc1I. The first-order valence-corrected chi connectivity index (χ1v) is 7.11. The summed E-state index contributed by atoms with van der Waals surface area (Å²) in [5, 5.41) is 0. The number of halogens is 1. The van der Waals surface area contributed by atoms with Crippen LogP contribution >= 0.6 is 22.6 Å². The van der Waals surface area contributed by atoms with Crippen LogP contribution in [0.1, 0.15) is 0 Å². The molecule has 0 saturated heterocycles. The Balaban J connectivity index is 2.74. The van der Waals surface area contributed by atoms with Crippen LogP contribution < -0.4 is 4.90 Å². The molecule has 0 radical (unpaired) electrons. The molecule has 0 aliphatic heterocycles. The summed E-state index contributed by atoms with van der Waals surface area (Å²) in [6.45, 7) is 4.01. The number of carbonyl (C=O) groups is 2. The van der Waals surface area contributed by atoms with Gasteiger partial charge in [-0.3, -0.25) is 9.59 Å². The van der Waals surface area contributed by atoms with Crippen LogP contribution in [0.25, 0.3) is 0 Å². The second kappa shape index (κ2) is 7.84. The molecule has 0 heterocycles. The first-order chi connectivity index (χ1) is 9.47. The molecule has 0 atom stereocenters. The van der Waals surface area contributed by atoms with Gasteiger partial charge in [-0.05, 0) is 34.7 Å². The van der Waals surface area contributed by atoms with Gasteiger partial charge in [0.2, 0.25) is 5.91 Å². The molecular weight excluding hydrogens is 367 g/mol. The first kappa shape index (κ1) is 16.4. The average Bonchev–Trinajstić information content (AvgIpc) is 2.44. The summed E-state index contributed by atoms with van der Waals surface area (Å²) in [5.74, 6) is -0.469. The van der Waals surface area contributed by atoms with E-state index in [9.17, 15) is 9.59 Å². The zero-order chi connectivity index (χ0) is 15.1. The molecule has 0 N–H and O–H groups in total. The Morgan fingerprint density at radius 1 is 1.20 bits per heavy atom. The van der Waals surface area contributed by atoms with E-state index in [-0.39, 0.29) is 11.8 Å². The number of likely N-dealkylation sites (N-methyl/N-ethyl adjacent to an activating group) is 2. The zero-order valence-corrected chi connectivity index (χ0v) is 13.7. The molecule has 0 aromatic heterocycles. The summed E-state index contributed by atoms with van der Waals surface area (Å²) in [5.41, 5.74) is 0.814. The number of nitrogens with zero attached hydrogens (tertiary/aromatic N) is 2. The highest BCUT2D eigenvalue weighted by molar-refractivity contribution is 14.1. The molecule has 0 aliphatic rings. The van der Waals surface area contributed by atoms with Gasteiger partial charge in [-0.15, -0.1) is 6.58 Å². The van der Waals surface area contributed by atoms with Gasteiger partial charge >= 0.3 is 0 Å². The summed E-state index contributed by atoms with van der Waals surface area (Å²) in [6, 6.07) is 7.56. The lowest BCUT2D eigenvalue weighted by Crippen LogP contribution is -2.27. The summed E-state index contributed by atoms with van der Waals surface area (Å²) in [6.07, 6.45) is 4.19. The number of hydrogen-bond acceptors (Lipinski definition) is 2. The zero-order valence-electron chi connectivity index (χ0n) is 11.5. The van der Waals surface area contributed by atoms with Crippen molar-refractivity contribution in [1.29, 1.82) is 0 Å². The topological polar surface area (TPSA) is 40.6 Å². The van der Waals surface area contributed by atoms with Crippen molar-refractivity contribution in [3.63, 3.8) is 0 Å². The van der Waals surface area contributed by atoms with Crippen LogP contribution in [0.3, 0.4) is 0 Å². The third-order valence-corrected chi connectivity index (χ3v) is 3.60. The Kier molecular flexibility index (Phi) is 6.44. The van der Waals surface area contributed by atoms with Crippen LogP contribution in [0.5, 0.6) is 0 Å². The van der Waals surface area contributed by atoms with E-state index in [1.807, 2.05) is 24.3 Å². The molecule has 1 rings (SSSR count). The van der Waals surface area contributed by atoms with Gasteiger partial charge in [-0.1, -0.05) is 18.2 Å². The summed E-state index contributed by atoms with van der Waals surface area (Å²) < 4.78 is 0.976. The minimum Gasteiger partial charge on any atom is -0.339 e. The van der Waals surface area contributed by atoms with Crippen molar-refractivity contribution in [3.8, 4) is 0 Å². The van der Waals surface area contributed by atoms with Gasteiger partial charge in [0.05, 0.1) is 5.69 Å². The largest absolute Gasteiger partial charge is 0.339 e. The predicted octanol–water partition coefficient (Wildman–Crippen LogP) is 2.45. The molecule has 106 valence electrons. The standard InChI is InChI=1S/C15H17IN2O2/c1-4-11-17(2)14(19)9-10-15(20)18(3)13-8-6-5-7-12(13)16/h4-10H,1,11H2,2-3H3/b10-9+. The number of carbonyl (C=O) groups excluding carboxylic acids is 2. The van der Waals surface area contributed by atoms with Gasteiger partial charge in [0.25, 0.3) is 5.91 Å². The minimum absolute atomic E-state index is 0.227. The van der Waals surface area contributed by atoms with E-state index in [1.165, 1.54) is 22.0 Å². The van der Waals surface area contributed by atoms with Crippen LogP contribution in [0.2, 0.25) is 0 Å². The van der Waals surface area contributed by atoms with Crippen molar-refractivity contribution in [3.05, 3.63) is 52.6 Å². The smallest absolute Gasteiger partial charge is 0.250 e. The van der Waals surface area contributed by atoms with Crippen molar-refractivity contribution >= 4 is 40.1 Å². The minimum atomic E-state index is -0.241. The van der Waals surface area contributed by atoms with Crippen molar-refractivity contribution < 1.29 is 9.59 Å². The summed E-state index contributed by atoms with van der Waals surface area (Å²) >= 11 is 2.17. The molecule has 2 amide bonds. The van der Waals surface area contributed by atoms with Crippen LogP contribution in [-0.4, -0.2) is 37.4 Å². The van der Waals surface area contributed by atoms with Crippen molar-refractivity contribution in [1.82, 2.24) is 4.90 Å². The molecule has 1 aromatic rings. The summed E-state index contributed by atoms with van der Waals surface area (Å²) in [7, 11) is 3.34. The highest BCUT2D eigenvalue weighted by Crippen LogP contribution is 2.20. The molecule has 0 spiro atoms. The van der Waals surface area contributed by atoms with E-state index in [0.29, 0.717) is 6.54 Å². The lowest BCUT2D eigenvalue weighted by Gasteiger charge is -2.17. The van der Waals surface area contributed by atoms with Gasteiger partial charge in [-0.25, -0.2) is 0 Å². The van der Waals surface area contributed by atoms with Crippen molar-refractivity contribution in [2.75, 3.05) is 25.5 Å². The van der Waals surface area contributed by atoms with E-state index in [0.717, 1.165) is 9.26 Å². The van der Waals surface area contributed by atoms with Crippen LogP contribution in [-0.2, 0) is 9.59 Å². The maximum absolute atomic E-state index is 12.0. The molecule has 1 aromatic carbocycles. The molecule has 5 heteroatoms. The Bertz CT molecular complexity index is 540. The fourth-order valence-corrected chi connectivity index (χ4v) is 2.26. The van der Waals surface area contributed by atoms with Crippen molar-refractivity contribution in [2.45, 2.75) is 0 Å². The second-order valence-electron chi connectivity index (χ2n) is 4.19. The predicted molar refractivity (Wildman–Crippen MR) is 89.5 cm³/mol. The highest BCUT2D eigenvalue weighted by Gasteiger charge is 2.11. The molecule has 0 fully saturated rings.